The summed E-state index contributed by atoms with van der Waals surface area (Å²) in [6.07, 6.45) is 0.317. The smallest absolute Gasteiger partial charge is 0.344 e. The van der Waals surface area contributed by atoms with Crippen molar-refractivity contribution in [2.45, 2.75) is 29.0 Å². The van der Waals surface area contributed by atoms with Gasteiger partial charge in [-0.25, -0.2) is 4.98 Å². The molecule has 0 amide bonds. The van der Waals surface area contributed by atoms with E-state index in [1.165, 1.54) is 6.07 Å². The van der Waals surface area contributed by atoms with Gasteiger partial charge in [0.1, 0.15) is 5.69 Å². The number of H-pyrrole nitrogens is 1. The summed E-state index contributed by atoms with van der Waals surface area (Å²) >= 11 is 0.988. The Morgan fingerprint density at radius 3 is 2.65 bits per heavy atom. The Hall–Kier alpha value is -2.46. The molecule has 1 aromatic carbocycles. The number of nitrogens with one attached hydrogen (secondary N) is 1. The molecule has 1 aromatic heterocycles. The number of imidazole rings is 1. The highest BCUT2D eigenvalue weighted by Gasteiger charge is 2.42. The highest BCUT2D eigenvalue weighted by Crippen LogP contribution is 2.37. The molecule has 1 fully saturated rings. The Labute approximate surface area is 134 Å². The van der Waals surface area contributed by atoms with Crippen molar-refractivity contribution in [3.63, 3.8) is 0 Å². The lowest BCUT2D eigenvalue weighted by molar-refractivity contribution is -0.390. The fraction of sp³-hybridized carbons (Fsp3) is 0.308. The molecule has 0 spiro atoms. The highest BCUT2D eigenvalue weighted by molar-refractivity contribution is 7.99. The summed E-state index contributed by atoms with van der Waals surface area (Å²) in [7, 11) is 0. The third-order valence-electron chi connectivity index (χ3n) is 3.36. The van der Waals surface area contributed by atoms with E-state index < -0.39 is 15.4 Å². The number of ether oxygens (including phenoxy) is 1. The number of aromatic nitrogens is 2. The normalized spacial score (nSPS) is 19.5. The van der Waals surface area contributed by atoms with Crippen molar-refractivity contribution in [1.82, 2.24) is 9.97 Å². The van der Waals surface area contributed by atoms with E-state index >= 15 is 0 Å². The van der Waals surface area contributed by atoms with Crippen LogP contribution in [0.4, 0.5) is 11.5 Å². The fourth-order valence-electron chi connectivity index (χ4n) is 2.08. The number of nitro benzene ring substituents is 1. The third kappa shape index (κ3) is 3.32. The van der Waals surface area contributed by atoms with Crippen LogP contribution in [-0.4, -0.2) is 32.0 Å². The molecule has 1 aliphatic rings. The molecule has 120 valence electrons. The molecular weight excluding hydrogens is 324 g/mol. The number of hydrogen-bond acceptors (Lipinski definition) is 7. The summed E-state index contributed by atoms with van der Waals surface area (Å²) in [6, 6.07) is 6.16. The van der Waals surface area contributed by atoms with Crippen LogP contribution in [0.5, 0.6) is 0 Å². The monoisotopic (exact) mass is 336 g/mol. The number of benzene rings is 1. The van der Waals surface area contributed by atoms with Crippen molar-refractivity contribution in [2.75, 3.05) is 6.61 Å². The summed E-state index contributed by atoms with van der Waals surface area (Å²) in [4.78, 5) is 28.3. The zero-order valence-electron chi connectivity index (χ0n) is 12.0. The van der Waals surface area contributed by atoms with Crippen molar-refractivity contribution < 1.29 is 14.6 Å². The predicted octanol–water partition coefficient (Wildman–Crippen LogP) is 2.71. The van der Waals surface area contributed by atoms with Gasteiger partial charge in [0, 0.05) is 12.5 Å². The minimum Gasteiger partial charge on any atom is -0.369 e. The molecule has 2 aromatic rings. The number of nitro groups is 2. The van der Waals surface area contributed by atoms with E-state index in [4.69, 9.17) is 4.74 Å². The van der Waals surface area contributed by atoms with Crippen LogP contribution < -0.4 is 0 Å². The molecule has 0 radical (unpaired) electrons. The molecule has 1 saturated heterocycles. The van der Waals surface area contributed by atoms with Crippen LogP contribution >= 0.6 is 11.8 Å². The average molecular weight is 336 g/mol. The summed E-state index contributed by atoms with van der Waals surface area (Å²) in [5, 5.41) is 22.4. The minimum absolute atomic E-state index is 0.0735. The van der Waals surface area contributed by atoms with Gasteiger partial charge in [-0.05, 0) is 29.7 Å². The Morgan fingerprint density at radius 1 is 1.35 bits per heavy atom. The number of nitrogens with zero attached hydrogens (tertiary/aromatic N) is 3. The maximum Gasteiger partial charge on any atom is 0.344 e. The zero-order valence-corrected chi connectivity index (χ0v) is 12.8. The number of hydrogen-bond donors (Lipinski definition) is 1. The lowest BCUT2D eigenvalue weighted by atomic mass is 10.1. The van der Waals surface area contributed by atoms with Crippen LogP contribution in [0.3, 0.4) is 0 Å². The number of aromatic amines is 1. The summed E-state index contributed by atoms with van der Waals surface area (Å²) in [5.74, 6) is -0.206. The molecule has 0 aliphatic carbocycles. The molecule has 1 N–H and O–H groups in total. The average Bonchev–Trinajstić information content (AvgIpc) is 3.07. The van der Waals surface area contributed by atoms with Crippen molar-refractivity contribution in [3.05, 3.63) is 50.2 Å². The summed E-state index contributed by atoms with van der Waals surface area (Å²) in [6.45, 7) is 2.38. The highest BCUT2D eigenvalue weighted by atomic mass is 32.2. The fourth-order valence-corrected chi connectivity index (χ4v) is 2.98. The quantitative estimate of drug-likeness (QED) is 0.488. The van der Waals surface area contributed by atoms with Crippen molar-refractivity contribution in [1.29, 1.82) is 0 Å². The van der Waals surface area contributed by atoms with E-state index in [0.29, 0.717) is 17.9 Å². The lowest BCUT2D eigenvalue weighted by Gasteiger charge is -2.00. The molecule has 1 aliphatic heterocycles. The molecule has 1 atom stereocenters. The van der Waals surface area contributed by atoms with Gasteiger partial charge in [0.15, 0.2) is 0 Å². The first-order chi connectivity index (χ1) is 10.9. The Morgan fingerprint density at radius 2 is 2.04 bits per heavy atom. The summed E-state index contributed by atoms with van der Waals surface area (Å²) in [5.41, 5.74) is -0.202. The largest absolute Gasteiger partial charge is 0.369 e. The number of rotatable bonds is 6. The SMILES string of the molecule is CC1(Cc2nc(Sc3ccccc3[N+](=O)[O-])[nH]c2[N+](=O)[O-])CO1. The molecule has 0 saturated carbocycles. The van der Waals surface area contributed by atoms with Gasteiger partial charge in [-0.15, -0.1) is 0 Å². The predicted molar refractivity (Wildman–Crippen MR) is 80.5 cm³/mol. The minimum atomic E-state index is -0.544. The van der Waals surface area contributed by atoms with Crippen LogP contribution in [0.1, 0.15) is 12.6 Å². The molecule has 10 heteroatoms. The van der Waals surface area contributed by atoms with Gasteiger partial charge < -0.3 is 14.9 Å². The first kappa shape index (κ1) is 15.4. The third-order valence-corrected chi connectivity index (χ3v) is 4.32. The zero-order chi connectivity index (χ0) is 16.6. The standard InChI is InChI=1S/C13H12N4O5S/c1-13(7-22-13)6-8-11(17(20)21)15-12(14-8)23-10-5-3-2-4-9(10)16(18)19/h2-5H,6-7H2,1H3,(H,14,15). The van der Waals surface area contributed by atoms with E-state index in [9.17, 15) is 20.2 Å². The first-order valence-corrected chi connectivity index (χ1v) is 7.48. The molecule has 0 bridgehead atoms. The van der Waals surface area contributed by atoms with Crippen LogP contribution in [0.2, 0.25) is 0 Å². The molecule has 9 nitrogen and oxygen atoms in total. The van der Waals surface area contributed by atoms with E-state index in [0.717, 1.165) is 11.8 Å². The van der Waals surface area contributed by atoms with Crippen molar-refractivity contribution in [3.8, 4) is 0 Å². The van der Waals surface area contributed by atoms with Crippen LogP contribution in [-0.2, 0) is 11.2 Å². The van der Waals surface area contributed by atoms with Gasteiger partial charge in [-0.1, -0.05) is 12.1 Å². The van der Waals surface area contributed by atoms with Gasteiger partial charge >= 0.3 is 5.82 Å². The van der Waals surface area contributed by atoms with E-state index in [1.54, 1.807) is 18.2 Å². The van der Waals surface area contributed by atoms with Gasteiger partial charge in [0.2, 0.25) is 0 Å². The first-order valence-electron chi connectivity index (χ1n) is 6.66. The van der Waals surface area contributed by atoms with Crippen LogP contribution in [0.15, 0.2) is 34.3 Å². The molecule has 23 heavy (non-hydrogen) atoms. The van der Waals surface area contributed by atoms with Gasteiger partial charge in [-0.3, -0.25) is 10.1 Å². The maximum atomic E-state index is 11.1. The Kier molecular flexibility index (Phi) is 3.78. The second-order valence-electron chi connectivity index (χ2n) is 5.34. The van der Waals surface area contributed by atoms with E-state index in [1.807, 2.05) is 6.92 Å². The number of epoxide rings is 1. The van der Waals surface area contributed by atoms with Crippen molar-refractivity contribution in [2.24, 2.45) is 0 Å². The van der Waals surface area contributed by atoms with Crippen molar-refractivity contribution >= 4 is 23.3 Å². The lowest BCUT2D eigenvalue weighted by Crippen LogP contribution is -2.10. The van der Waals surface area contributed by atoms with E-state index in [2.05, 4.69) is 9.97 Å². The van der Waals surface area contributed by atoms with Gasteiger partial charge in [-0.2, -0.15) is 4.98 Å². The van der Waals surface area contributed by atoms with Gasteiger partial charge in [0.25, 0.3) is 10.8 Å². The molecule has 1 unspecified atom stereocenters. The maximum absolute atomic E-state index is 11.1. The molecular formula is C13H12N4O5S. The van der Waals surface area contributed by atoms with Crippen LogP contribution in [0.25, 0.3) is 0 Å². The Bertz CT molecular complexity index is 786. The summed E-state index contributed by atoms with van der Waals surface area (Å²) < 4.78 is 5.24. The second-order valence-corrected chi connectivity index (χ2v) is 6.37. The molecule has 2 heterocycles. The van der Waals surface area contributed by atoms with E-state index in [-0.39, 0.29) is 22.4 Å². The second kappa shape index (κ2) is 5.63. The number of para-hydroxylation sites is 1. The van der Waals surface area contributed by atoms with Gasteiger partial charge in [0.05, 0.1) is 22.0 Å². The molecule has 3 rings (SSSR count). The van der Waals surface area contributed by atoms with Crippen LogP contribution in [0, 0.1) is 20.2 Å². The topological polar surface area (TPSA) is 127 Å². The Balaban J connectivity index is 1.90.